The van der Waals surface area contributed by atoms with E-state index >= 15 is 0 Å². The summed E-state index contributed by atoms with van der Waals surface area (Å²) in [5, 5.41) is 32.2. The molecule has 0 bridgehead atoms. The molecule has 1 fully saturated rings. The maximum atomic E-state index is 11.0. The van der Waals surface area contributed by atoms with Crippen LogP contribution < -0.4 is 0 Å². The number of nitro benzene ring substituents is 1. The van der Waals surface area contributed by atoms with Crippen LogP contribution in [0.4, 0.5) is 5.69 Å². The van der Waals surface area contributed by atoms with E-state index in [1.54, 1.807) is 12.1 Å². The second-order valence-corrected chi connectivity index (χ2v) is 6.27. The molecule has 3 rings (SSSR count). The molecule has 0 unspecified atom stereocenters. The quantitative estimate of drug-likeness (QED) is 0.600. The third-order valence-corrected chi connectivity index (χ3v) is 4.64. The first-order valence-corrected chi connectivity index (χ1v) is 8.56. The number of aliphatic hydroxyl groups excluding tert-OH is 1. The van der Waals surface area contributed by atoms with Gasteiger partial charge >= 0.3 is 0 Å². The summed E-state index contributed by atoms with van der Waals surface area (Å²) < 4.78 is 1.53. The summed E-state index contributed by atoms with van der Waals surface area (Å²) >= 11 is 0. The minimum atomic E-state index is -0.437. The standard InChI is InChI=1S/C16H22N6O3/c23-10-9-20(13-5-2-1-3-6-13)12-16-17-18-19-21(16)14-7-4-8-15(11-14)22(24)25/h4,7-8,11,13,23H,1-3,5-6,9-10,12H2. The average Bonchev–Trinajstić information content (AvgIpc) is 3.10. The molecular formula is C16H22N6O3. The van der Waals surface area contributed by atoms with Crippen LogP contribution in [0.15, 0.2) is 24.3 Å². The van der Waals surface area contributed by atoms with Crippen molar-refractivity contribution in [1.82, 2.24) is 25.1 Å². The van der Waals surface area contributed by atoms with Crippen molar-refractivity contribution in [3.63, 3.8) is 0 Å². The van der Waals surface area contributed by atoms with Crippen molar-refractivity contribution in [3.8, 4) is 5.69 Å². The van der Waals surface area contributed by atoms with Gasteiger partial charge in [-0.3, -0.25) is 15.0 Å². The molecule has 134 valence electrons. The highest BCUT2D eigenvalue weighted by molar-refractivity contribution is 5.42. The van der Waals surface area contributed by atoms with Crippen LogP contribution in [0.3, 0.4) is 0 Å². The van der Waals surface area contributed by atoms with Crippen LogP contribution in [0.5, 0.6) is 0 Å². The molecule has 0 saturated heterocycles. The Morgan fingerprint density at radius 1 is 1.32 bits per heavy atom. The monoisotopic (exact) mass is 346 g/mol. The zero-order chi connectivity index (χ0) is 17.6. The molecule has 25 heavy (non-hydrogen) atoms. The topological polar surface area (TPSA) is 110 Å². The molecular weight excluding hydrogens is 324 g/mol. The van der Waals surface area contributed by atoms with Gasteiger partial charge in [-0.05, 0) is 29.3 Å². The maximum Gasteiger partial charge on any atom is 0.271 e. The largest absolute Gasteiger partial charge is 0.395 e. The molecule has 2 aromatic rings. The zero-order valence-electron chi connectivity index (χ0n) is 14.0. The fourth-order valence-electron chi connectivity index (χ4n) is 3.39. The smallest absolute Gasteiger partial charge is 0.271 e. The summed E-state index contributed by atoms with van der Waals surface area (Å²) in [7, 11) is 0. The molecule has 0 radical (unpaired) electrons. The molecule has 1 aliphatic rings. The van der Waals surface area contributed by atoms with Crippen molar-refractivity contribution in [2.45, 2.75) is 44.7 Å². The summed E-state index contributed by atoms with van der Waals surface area (Å²) in [6, 6.07) is 6.66. The molecule has 9 heteroatoms. The van der Waals surface area contributed by atoms with E-state index in [9.17, 15) is 15.2 Å². The number of benzene rings is 1. The Bertz CT molecular complexity index is 713. The summed E-state index contributed by atoms with van der Waals surface area (Å²) in [5.41, 5.74) is 0.556. The molecule has 1 aromatic heterocycles. The summed E-state index contributed by atoms with van der Waals surface area (Å²) in [6.45, 7) is 1.14. The molecule has 1 saturated carbocycles. The average molecular weight is 346 g/mol. The maximum absolute atomic E-state index is 11.0. The highest BCUT2D eigenvalue weighted by atomic mass is 16.6. The van der Waals surface area contributed by atoms with Gasteiger partial charge in [0.15, 0.2) is 5.82 Å². The highest BCUT2D eigenvalue weighted by Crippen LogP contribution is 2.24. The number of aromatic nitrogens is 4. The Kier molecular flexibility index (Phi) is 5.67. The van der Waals surface area contributed by atoms with Crippen molar-refractivity contribution < 1.29 is 10.0 Å². The van der Waals surface area contributed by atoms with E-state index in [1.807, 2.05) is 0 Å². The number of nitro groups is 1. The molecule has 1 heterocycles. The first-order chi connectivity index (χ1) is 12.2. The van der Waals surface area contributed by atoms with Crippen LogP contribution in [0.1, 0.15) is 37.9 Å². The lowest BCUT2D eigenvalue weighted by Crippen LogP contribution is -2.38. The van der Waals surface area contributed by atoms with Gasteiger partial charge in [-0.1, -0.05) is 25.3 Å². The zero-order valence-corrected chi connectivity index (χ0v) is 14.0. The van der Waals surface area contributed by atoms with E-state index in [4.69, 9.17) is 0 Å². The van der Waals surface area contributed by atoms with Crippen LogP contribution in [-0.2, 0) is 6.54 Å². The Labute approximate surface area is 145 Å². The number of tetrazole rings is 1. The lowest BCUT2D eigenvalue weighted by atomic mass is 9.94. The Morgan fingerprint density at radius 3 is 2.84 bits per heavy atom. The van der Waals surface area contributed by atoms with Crippen LogP contribution in [-0.4, -0.2) is 54.3 Å². The molecule has 1 aromatic carbocycles. The molecule has 0 aliphatic heterocycles. The van der Waals surface area contributed by atoms with Crippen molar-refractivity contribution in [2.75, 3.05) is 13.2 Å². The normalized spacial score (nSPS) is 15.6. The molecule has 9 nitrogen and oxygen atoms in total. The van der Waals surface area contributed by atoms with E-state index in [0.29, 0.717) is 30.6 Å². The van der Waals surface area contributed by atoms with Gasteiger partial charge in [0.1, 0.15) is 0 Å². The number of aliphatic hydroxyl groups is 1. The number of rotatable bonds is 7. The number of hydrogen-bond acceptors (Lipinski definition) is 7. The highest BCUT2D eigenvalue weighted by Gasteiger charge is 2.23. The predicted molar refractivity (Wildman–Crippen MR) is 90.2 cm³/mol. The van der Waals surface area contributed by atoms with Gasteiger partial charge in [0.05, 0.1) is 23.8 Å². The van der Waals surface area contributed by atoms with Crippen molar-refractivity contribution in [2.24, 2.45) is 0 Å². The number of hydrogen-bond donors (Lipinski definition) is 1. The van der Waals surface area contributed by atoms with Gasteiger partial charge in [0.25, 0.3) is 5.69 Å². The number of nitrogens with zero attached hydrogens (tertiary/aromatic N) is 6. The summed E-state index contributed by atoms with van der Waals surface area (Å²) in [6.07, 6.45) is 5.87. The van der Waals surface area contributed by atoms with Gasteiger partial charge in [0, 0.05) is 24.7 Å². The first-order valence-electron chi connectivity index (χ1n) is 8.56. The fraction of sp³-hybridized carbons (Fsp3) is 0.562. The van der Waals surface area contributed by atoms with Gasteiger partial charge in [-0.15, -0.1) is 5.10 Å². The Morgan fingerprint density at radius 2 is 2.12 bits per heavy atom. The lowest BCUT2D eigenvalue weighted by molar-refractivity contribution is -0.384. The first kappa shape index (κ1) is 17.4. The van der Waals surface area contributed by atoms with Crippen LogP contribution in [0, 0.1) is 10.1 Å². The minimum absolute atomic E-state index is 0.00144. The molecule has 0 atom stereocenters. The Balaban J connectivity index is 1.82. The summed E-state index contributed by atoms with van der Waals surface area (Å²) in [5.74, 6) is 0.611. The third kappa shape index (κ3) is 4.18. The second-order valence-electron chi connectivity index (χ2n) is 6.27. The summed E-state index contributed by atoms with van der Waals surface area (Å²) in [4.78, 5) is 12.8. The molecule has 0 amide bonds. The van der Waals surface area contributed by atoms with Gasteiger partial charge < -0.3 is 5.11 Å². The molecule has 0 spiro atoms. The van der Waals surface area contributed by atoms with E-state index in [1.165, 1.54) is 36.1 Å². The lowest BCUT2D eigenvalue weighted by Gasteiger charge is -2.33. The Hall–Kier alpha value is -2.39. The molecule has 1 aliphatic carbocycles. The van der Waals surface area contributed by atoms with Crippen molar-refractivity contribution >= 4 is 5.69 Å². The van der Waals surface area contributed by atoms with E-state index < -0.39 is 4.92 Å². The second kappa shape index (κ2) is 8.13. The van der Waals surface area contributed by atoms with Gasteiger partial charge in [0.2, 0.25) is 0 Å². The van der Waals surface area contributed by atoms with E-state index in [0.717, 1.165) is 12.8 Å². The van der Waals surface area contributed by atoms with Crippen LogP contribution >= 0.6 is 0 Å². The van der Waals surface area contributed by atoms with Crippen LogP contribution in [0.2, 0.25) is 0 Å². The SMILES string of the molecule is O=[N+]([O-])c1cccc(-n2nnnc2CN(CCO)C2CCCCC2)c1. The minimum Gasteiger partial charge on any atom is -0.395 e. The van der Waals surface area contributed by atoms with Crippen molar-refractivity contribution in [1.29, 1.82) is 0 Å². The fourth-order valence-corrected chi connectivity index (χ4v) is 3.39. The number of non-ortho nitro benzene ring substituents is 1. The van der Waals surface area contributed by atoms with E-state index in [-0.39, 0.29) is 12.3 Å². The van der Waals surface area contributed by atoms with Crippen LogP contribution in [0.25, 0.3) is 5.69 Å². The molecule has 1 N–H and O–H groups in total. The third-order valence-electron chi connectivity index (χ3n) is 4.64. The van der Waals surface area contributed by atoms with Gasteiger partial charge in [-0.2, -0.15) is 4.68 Å². The van der Waals surface area contributed by atoms with Gasteiger partial charge in [-0.25, -0.2) is 0 Å². The predicted octanol–water partition coefficient (Wildman–Crippen LogP) is 1.70. The van der Waals surface area contributed by atoms with E-state index in [2.05, 4.69) is 20.4 Å². The van der Waals surface area contributed by atoms with Crippen molar-refractivity contribution in [3.05, 3.63) is 40.2 Å².